The van der Waals surface area contributed by atoms with Crippen LogP contribution in [-0.4, -0.2) is 49.4 Å². The van der Waals surface area contributed by atoms with E-state index < -0.39 is 0 Å². The van der Waals surface area contributed by atoms with Crippen molar-refractivity contribution in [1.82, 2.24) is 15.3 Å². The third-order valence-electron chi connectivity index (χ3n) is 6.55. The molecule has 2 fully saturated rings. The molecule has 6 heteroatoms. The van der Waals surface area contributed by atoms with Gasteiger partial charge in [0, 0.05) is 29.8 Å². The summed E-state index contributed by atoms with van der Waals surface area (Å²) in [6.07, 6.45) is 6.07. The van der Waals surface area contributed by atoms with Crippen LogP contribution in [0.15, 0.2) is 47.7 Å². The Balaban J connectivity index is 1.52. The van der Waals surface area contributed by atoms with E-state index in [1.807, 2.05) is 30.5 Å². The molecular weight excluding hydrogens is 364 g/mol. The molecule has 0 bridgehead atoms. The number of hydrazone groups is 1. The molecule has 154 valence electrons. The van der Waals surface area contributed by atoms with E-state index >= 15 is 0 Å². The van der Waals surface area contributed by atoms with Gasteiger partial charge in [-0.05, 0) is 62.7 Å². The minimum atomic E-state index is 0.147. The molecule has 29 heavy (non-hydrogen) atoms. The summed E-state index contributed by atoms with van der Waals surface area (Å²) in [5, 5.41) is 4.71. The highest BCUT2D eigenvalue weighted by molar-refractivity contribution is 5.86. The number of benzene rings is 1. The first-order valence-electron chi connectivity index (χ1n) is 10.3. The van der Waals surface area contributed by atoms with E-state index in [9.17, 15) is 0 Å². The lowest BCUT2D eigenvalue weighted by molar-refractivity contribution is 0.226. The standard InChI is InChI=1S/C23H30N4O2/c1-27-13-11-23(17-7-8-20(28-2)21(14-17)29-3)10-9-18(15-22(23)27)26-25-16-19-6-4-5-12-24-19/h4-8,12,14,22,25H,9-11,13,15-16H2,1-3H3/t22-,23-/m0/s1. The SMILES string of the molecule is COc1ccc([C@@]23CCC(=NNCc4ccccn4)C[C@@H]2N(C)CC3)cc1OC. The Bertz CT molecular complexity index is 870. The van der Waals surface area contributed by atoms with Crippen LogP contribution in [0.2, 0.25) is 0 Å². The molecule has 2 heterocycles. The molecule has 2 atom stereocenters. The number of rotatable bonds is 6. The van der Waals surface area contributed by atoms with Crippen molar-refractivity contribution in [2.24, 2.45) is 5.10 Å². The van der Waals surface area contributed by atoms with E-state index in [1.54, 1.807) is 14.2 Å². The maximum absolute atomic E-state index is 5.58. The van der Waals surface area contributed by atoms with Crippen molar-refractivity contribution in [3.8, 4) is 11.5 Å². The maximum Gasteiger partial charge on any atom is 0.161 e. The summed E-state index contributed by atoms with van der Waals surface area (Å²) in [5.41, 5.74) is 6.97. The van der Waals surface area contributed by atoms with Crippen LogP contribution < -0.4 is 14.9 Å². The van der Waals surface area contributed by atoms with Gasteiger partial charge in [0.05, 0.1) is 26.5 Å². The zero-order valence-corrected chi connectivity index (χ0v) is 17.5. The Morgan fingerprint density at radius 3 is 2.79 bits per heavy atom. The fraction of sp³-hybridized carbons (Fsp3) is 0.478. The number of hydrogen-bond donors (Lipinski definition) is 1. The van der Waals surface area contributed by atoms with Crippen molar-refractivity contribution in [2.75, 3.05) is 27.8 Å². The van der Waals surface area contributed by atoms with Gasteiger partial charge in [-0.1, -0.05) is 12.1 Å². The van der Waals surface area contributed by atoms with Crippen molar-refractivity contribution in [1.29, 1.82) is 0 Å². The van der Waals surface area contributed by atoms with Gasteiger partial charge in [-0.3, -0.25) is 4.98 Å². The van der Waals surface area contributed by atoms with E-state index in [2.05, 4.69) is 34.5 Å². The van der Waals surface area contributed by atoms with Crippen LogP contribution in [0.1, 0.15) is 36.9 Å². The monoisotopic (exact) mass is 394 g/mol. The van der Waals surface area contributed by atoms with Crippen molar-refractivity contribution in [3.63, 3.8) is 0 Å². The Morgan fingerprint density at radius 2 is 2.03 bits per heavy atom. The number of hydrogen-bond acceptors (Lipinski definition) is 6. The summed E-state index contributed by atoms with van der Waals surface area (Å²) in [6, 6.07) is 12.8. The van der Waals surface area contributed by atoms with E-state index in [0.717, 1.165) is 49.4 Å². The van der Waals surface area contributed by atoms with Gasteiger partial charge in [0.25, 0.3) is 0 Å². The molecule has 0 radical (unpaired) electrons. The smallest absolute Gasteiger partial charge is 0.161 e. The fourth-order valence-corrected chi connectivity index (χ4v) is 4.92. The van der Waals surface area contributed by atoms with Crippen LogP contribution >= 0.6 is 0 Å². The number of fused-ring (bicyclic) bond motifs is 1. The van der Waals surface area contributed by atoms with E-state index in [4.69, 9.17) is 14.6 Å². The van der Waals surface area contributed by atoms with Crippen LogP contribution in [0.25, 0.3) is 0 Å². The molecule has 1 saturated carbocycles. The topological polar surface area (TPSA) is 59.0 Å². The van der Waals surface area contributed by atoms with Gasteiger partial charge in [-0.2, -0.15) is 5.10 Å². The van der Waals surface area contributed by atoms with Crippen molar-refractivity contribution >= 4 is 5.71 Å². The van der Waals surface area contributed by atoms with Gasteiger partial charge in [-0.25, -0.2) is 0 Å². The average molecular weight is 395 g/mol. The van der Waals surface area contributed by atoms with Crippen LogP contribution in [-0.2, 0) is 12.0 Å². The van der Waals surface area contributed by atoms with Crippen molar-refractivity contribution in [2.45, 2.75) is 43.7 Å². The first-order valence-corrected chi connectivity index (χ1v) is 10.3. The Morgan fingerprint density at radius 1 is 1.17 bits per heavy atom. The number of ether oxygens (including phenoxy) is 2. The molecule has 0 unspecified atom stereocenters. The van der Waals surface area contributed by atoms with E-state index in [0.29, 0.717) is 12.6 Å². The number of likely N-dealkylation sites (N-methyl/N-ethyl adjacent to an activating group) is 1. The van der Waals surface area contributed by atoms with Crippen LogP contribution in [0.4, 0.5) is 0 Å². The number of aromatic nitrogens is 1. The fourth-order valence-electron chi connectivity index (χ4n) is 4.92. The van der Waals surface area contributed by atoms with Crippen molar-refractivity contribution in [3.05, 3.63) is 53.9 Å². The molecule has 1 aromatic carbocycles. The molecule has 1 aliphatic carbocycles. The third kappa shape index (κ3) is 3.81. The lowest BCUT2D eigenvalue weighted by Crippen LogP contribution is -2.46. The van der Waals surface area contributed by atoms with Crippen LogP contribution in [0.3, 0.4) is 0 Å². The van der Waals surface area contributed by atoms with Gasteiger partial charge in [0.2, 0.25) is 0 Å². The third-order valence-corrected chi connectivity index (χ3v) is 6.55. The molecule has 2 aliphatic rings. The molecule has 0 spiro atoms. The minimum absolute atomic E-state index is 0.147. The Hall–Kier alpha value is -2.60. The highest BCUT2D eigenvalue weighted by Crippen LogP contribution is 2.49. The second kappa shape index (κ2) is 8.41. The van der Waals surface area contributed by atoms with Crippen LogP contribution in [0, 0.1) is 0 Å². The summed E-state index contributed by atoms with van der Waals surface area (Å²) >= 11 is 0. The summed E-state index contributed by atoms with van der Waals surface area (Å²) < 4.78 is 11.0. The summed E-state index contributed by atoms with van der Waals surface area (Å²) in [5.74, 6) is 1.59. The Kier molecular flexibility index (Phi) is 5.72. The van der Waals surface area contributed by atoms with Gasteiger partial charge in [0.15, 0.2) is 11.5 Å². The average Bonchev–Trinajstić information content (AvgIpc) is 3.11. The zero-order chi connectivity index (χ0) is 20.3. The first-order chi connectivity index (χ1) is 14.2. The normalized spacial score (nSPS) is 25.6. The minimum Gasteiger partial charge on any atom is -0.493 e. The highest BCUT2D eigenvalue weighted by Gasteiger charge is 2.49. The number of pyridine rings is 1. The maximum atomic E-state index is 5.58. The highest BCUT2D eigenvalue weighted by atomic mass is 16.5. The second-order valence-electron chi connectivity index (χ2n) is 8.01. The summed E-state index contributed by atoms with van der Waals surface area (Å²) in [7, 11) is 5.62. The zero-order valence-electron chi connectivity index (χ0n) is 17.5. The van der Waals surface area contributed by atoms with Gasteiger partial charge < -0.3 is 19.8 Å². The lowest BCUT2D eigenvalue weighted by Gasteiger charge is -2.42. The van der Waals surface area contributed by atoms with Gasteiger partial charge in [-0.15, -0.1) is 0 Å². The summed E-state index contributed by atoms with van der Waals surface area (Å²) in [6.45, 7) is 1.76. The Labute approximate surface area is 172 Å². The molecule has 1 N–H and O–H groups in total. The predicted molar refractivity (Wildman–Crippen MR) is 115 cm³/mol. The van der Waals surface area contributed by atoms with Gasteiger partial charge in [0.1, 0.15) is 0 Å². The molecule has 1 saturated heterocycles. The number of methoxy groups -OCH3 is 2. The molecule has 1 aliphatic heterocycles. The molecule has 1 aromatic heterocycles. The molecule has 2 aromatic rings. The molecule has 6 nitrogen and oxygen atoms in total. The first kappa shape index (κ1) is 19.7. The quantitative estimate of drug-likeness (QED) is 0.762. The van der Waals surface area contributed by atoms with Gasteiger partial charge >= 0.3 is 0 Å². The number of nitrogens with one attached hydrogen (secondary N) is 1. The van der Waals surface area contributed by atoms with Crippen LogP contribution in [0.5, 0.6) is 11.5 Å². The molecular formula is C23H30N4O2. The van der Waals surface area contributed by atoms with E-state index in [-0.39, 0.29) is 5.41 Å². The summed E-state index contributed by atoms with van der Waals surface area (Å²) in [4.78, 5) is 6.84. The lowest BCUT2D eigenvalue weighted by atomic mass is 9.65. The largest absolute Gasteiger partial charge is 0.493 e. The molecule has 0 amide bonds. The number of likely N-dealkylation sites (tertiary alicyclic amines) is 1. The second-order valence-corrected chi connectivity index (χ2v) is 8.01. The number of nitrogens with zero attached hydrogens (tertiary/aromatic N) is 3. The van der Waals surface area contributed by atoms with Crippen molar-refractivity contribution < 1.29 is 9.47 Å². The molecule has 4 rings (SSSR count). The predicted octanol–water partition coefficient (Wildman–Crippen LogP) is 3.37. The van der Waals surface area contributed by atoms with E-state index in [1.165, 1.54) is 11.3 Å².